The molecule has 1 aromatic carbocycles. The lowest BCUT2D eigenvalue weighted by atomic mass is 9.86. The summed E-state index contributed by atoms with van der Waals surface area (Å²) in [5.74, 6) is -0.229. The molecule has 0 atom stereocenters. The number of hydrogen-bond acceptors (Lipinski definition) is 3. The largest absolute Gasteiger partial charge is 0.469 e. The van der Waals surface area contributed by atoms with Crippen LogP contribution < -0.4 is 5.32 Å². The maximum Gasteiger partial charge on any atom is 0.308 e. The lowest BCUT2D eigenvalue weighted by molar-refractivity contribution is -0.146. The van der Waals surface area contributed by atoms with Crippen LogP contribution in [0.3, 0.4) is 0 Å². The first kappa shape index (κ1) is 14.0. The first-order valence-corrected chi connectivity index (χ1v) is 6.74. The van der Waals surface area contributed by atoms with E-state index in [9.17, 15) is 9.18 Å². The van der Waals surface area contributed by atoms with E-state index in [4.69, 9.17) is 4.74 Å². The van der Waals surface area contributed by atoms with E-state index in [2.05, 4.69) is 5.32 Å². The van der Waals surface area contributed by atoms with Crippen LogP contribution in [0.4, 0.5) is 4.39 Å². The average molecular weight is 265 g/mol. The molecule has 1 aromatic rings. The molecule has 3 nitrogen and oxygen atoms in total. The summed E-state index contributed by atoms with van der Waals surface area (Å²) < 4.78 is 17.5. The van der Waals surface area contributed by atoms with Crippen molar-refractivity contribution in [1.29, 1.82) is 0 Å². The van der Waals surface area contributed by atoms with Gasteiger partial charge in [0.1, 0.15) is 5.82 Å². The van der Waals surface area contributed by atoms with Crippen LogP contribution in [0.1, 0.15) is 31.2 Å². The van der Waals surface area contributed by atoms with Gasteiger partial charge in [-0.15, -0.1) is 0 Å². The molecule has 0 saturated heterocycles. The van der Waals surface area contributed by atoms with Gasteiger partial charge in [0, 0.05) is 12.6 Å². The zero-order valence-corrected chi connectivity index (χ0v) is 11.2. The van der Waals surface area contributed by atoms with Crippen molar-refractivity contribution in [3.63, 3.8) is 0 Å². The molecule has 0 unspecified atom stereocenters. The molecule has 1 saturated carbocycles. The summed E-state index contributed by atoms with van der Waals surface area (Å²) in [6, 6.07) is 6.98. The zero-order chi connectivity index (χ0) is 13.7. The van der Waals surface area contributed by atoms with Crippen LogP contribution in [0, 0.1) is 11.7 Å². The number of carbonyl (C=O) groups excluding carboxylic acids is 1. The minimum Gasteiger partial charge on any atom is -0.469 e. The van der Waals surface area contributed by atoms with Crippen molar-refractivity contribution in [2.24, 2.45) is 5.92 Å². The topological polar surface area (TPSA) is 38.3 Å². The molecule has 4 heteroatoms. The van der Waals surface area contributed by atoms with E-state index in [1.54, 1.807) is 12.1 Å². The molecule has 19 heavy (non-hydrogen) atoms. The molecule has 0 aromatic heterocycles. The molecule has 1 aliphatic rings. The summed E-state index contributed by atoms with van der Waals surface area (Å²) in [4.78, 5) is 11.4. The first-order chi connectivity index (χ1) is 9.19. The fourth-order valence-corrected chi connectivity index (χ4v) is 2.56. The maximum atomic E-state index is 12.8. The van der Waals surface area contributed by atoms with E-state index in [1.807, 2.05) is 0 Å². The van der Waals surface area contributed by atoms with E-state index in [0.717, 1.165) is 37.8 Å². The molecule has 1 N–H and O–H groups in total. The number of hydrogen-bond donors (Lipinski definition) is 1. The fourth-order valence-electron chi connectivity index (χ4n) is 2.56. The number of halogens is 1. The summed E-state index contributed by atoms with van der Waals surface area (Å²) >= 11 is 0. The molecule has 104 valence electrons. The zero-order valence-electron chi connectivity index (χ0n) is 11.2. The third-order valence-electron chi connectivity index (χ3n) is 3.77. The van der Waals surface area contributed by atoms with Crippen molar-refractivity contribution in [3.8, 4) is 0 Å². The van der Waals surface area contributed by atoms with Crippen LogP contribution in [0.25, 0.3) is 0 Å². The SMILES string of the molecule is COC(=O)[C@H]1CC[C@H](NCc2ccc(F)cc2)CC1. The van der Waals surface area contributed by atoms with Gasteiger partial charge < -0.3 is 10.1 Å². The molecule has 0 amide bonds. The number of methoxy groups -OCH3 is 1. The molecule has 1 fully saturated rings. The average Bonchev–Trinajstić information content (AvgIpc) is 2.46. The Kier molecular flexibility index (Phi) is 4.91. The second kappa shape index (κ2) is 6.66. The molecule has 0 bridgehead atoms. The molecule has 0 spiro atoms. The van der Waals surface area contributed by atoms with Gasteiger partial charge in [-0.2, -0.15) is 0 Å². The summed E-state index contributed by atoms with van der Waals surface area (Å²) in [7, 11) is 1.45. The van der Waals surface area contributed by atoms with Crippen LogP contribution in [0.5, 0.6) is 0 Å². The number of benzene rings is 1. The highest BCUT2D eigenvalue weighted by atomic mass is 19.1. The van der Waals surface area contributed by atoms with Gasteiger partial charge in [-0.3, -0.25) is 4.79 Å². The van der Waals surface area contributed by atoms with Gasteiger partial charge in [0.25, 0.3) is 0 Å². The minimum atomic E-state index is -0.206. The van der Waals surface area contributed by atoms with Crippen molar-refractivity contribution in [1.82, 2.24) is 5.32 Å². The van der Waals surface area contributed by atoms with E-state index >= 15 is 0 Å². The smallest absolute Gasteiger partial charge is 0.308 e. The first-order valence-electron chi connectivity index (χ1n) is 6.74. The second-order valence-electron chi connectivity index (χ2n) is 5.08. The van der Waals surface area contributed by atoms with Gasteiger partial charge in [-0.1, -0.05) is 12.1 Å². The molecule has 2 rings (SSSR count). The highest BCUT2D eigenvalue weighted by Gasteiger charge is 2.26. The quantitative estimate of drug-likeness (QED) is 0.851. The number of carbonyl (C=O) groups is 1. The monoisotopic (exact) mass is 265 g/mol. The van der Waals surface area contributed by atoms with Crippen molar-refractivity contribution in [3.05, 3.63) is 35.6 Å². The Bertz CT molecular complexity index is 411. The fraction of sp³-hybridized carbons (Fsp3) is 0.533. The van der Waals surface area contributed by atoms with Gasteiger partial charge in [0.05, 0.1) is 13.0 Å². The Morgan fingerprint density at radius 2 is 1.89 bits per heavy atom. The van der Waals surface area contributed by atoms with Crippen LogP contribution >= 0.6 is 0 Å². The molecular weight excluding hydrogens is 245 g/mol. The molecule has 0 heterocycles. The highest BCUT2D eigenvalue weighted by Crippen LogP contribution is 2.25. The van der Waals surface area contributed by atoms with Crippen LogP contribution in [-0.2, 0) is 16.1 Å². The predicted molar refractivity (Wildman–Crippen MR) is 71.0 cm³/mol. The standard InChI is InChI=1S/C15H20FNO2/c1-19-15(18)12-4-8-14(9-5-12)17-10-11-2-6-13(16)7-3-11/h2-3,6-7,12,14,17H,4-5,8-10H2,1H3/t12-,14-. The van der Waals surface area contributed by atoms with Crippen LogP contribution in [0.2, 0.25) is 0 Å². The third kappa shape index (κ3) is 4.03. The van der Waals surface area contributed by atoms with Gasteiger partial charge in [-0.05, 0) is 43.4 Å². The van der Waals surface area contributed by atoms with E-state index in [-0.39, 0.29) is 17.7 Å². The van der Waals surface area contributed by atoms with Crippen molar-refractivity contribution >= 4 is 5.97 Å². The lowest BCUT2D eigenvalue weighted by Crippen LogP contribution is -2.34. The minimum absolute atomic E-state index is 0.0638. The number of nitrogens with one attached hydrogen (secondary N) is 1. The number of esters is 1. The Morgan fingerprint density at radius 3 is 2.47 bits per heavy atom. The number of rotatable bonds is 4. The molecule has 0 aliphatic heterocycles. The number of ether oxygens (including phenoxy) is 1. The summed E-state index contributed by atoms with van der Waals surface area (Å²) in [6.45, 7) is 0.744. The van der Waals surface area contributed by atoms with Crippen molar-refractivity contribution < 1.29 is 13.9 Å². The Hall–Kier alpha value is -1.42. The van der Waals surface area contributed by atoms with E-state index in [1.165, 1.54) is 19.2 Å². The highest BCUT2D eigenvalue weighted by molar-refractivity contribution is 5.72. The third-order valence-corrected chi connectivity index (χ3v) is 3.77. The molecule has 1 aliphatic carbocycles. The Morgan fingerprint density at radius 1 is 1.26 bits per heavy atom. The van der Waals surface area contributed by atoms with Crippen LogP contribution in [-0.4, -0.2) is 19.1 Å². The van der Waals surface area contributed by atoms with Gasteiger partial charge in [-0.25, -0.2) is 4.39 Å². The predicted octanol–water partition coefficient (Wildman–Crippen LogP) is 2.65. The second-order valence-corrected chi connectivity index (χ2v) is 5.08. The van der Waals surface area contributed by atoms with E-state index < -0.39 is 0 Å². The van der Waals surface area contributed by atoms with Crippen molar-refractivity contribution in [2.75, 3.05) is 7.11 Å². The summed E-state index contributed by atoms with van der Waals surface area (Å²) in [5, 5.41) is 3.46. The lowest BCUT2D eigenvalue weighted by Gasteiger charge is -2.27. The van der Waals surface area contributed by atoms with E-state index in [0.29, 0.717) is 6.04 Å². The van der Waals surface area contributed by atoms with Crippen LogP contribution in [0.15, 0.2) is 24.3 Å². The van der Waals surface area contributed by atoms with Gasteiger partial charge >= 0.3 is 5.97 Å². The summed E-state index contributed by atoms with van der Waals surface area (Å²) in [5.41, 5.74) is 1.08. The summed E-state index contributed by atoms with van der Waals surface area (Å²) in [6.07, 6.45) is 3.74. The van der Waals surface area contributed by atoms with Gasteiger partial charge in [0.2, 0.25) is 0 Å². The Labute approximate surface area is 113 Å². The van der Waals surface area contributed by atoms with Gasteiger partial charge in [0.15, 0.2) is 0 Å². The maximum absolute atomic E-state index is 12.8. The van der Waals surface area contributed by atoms with Crippen molar-refractivity contribution in [2.45, 2.75) is 38.3 Å². The molecule has 0 radical (unpaired) electrons. The normalized spacial score (nSPS) is 23.1. The molecular formula is C15H20FNO2. The Balaban J connectivity index is 1.74.